The van der Waals surface area contributed by atoms with Crippen LogP contribution in [0.2, 0.25) is 0 Å². The van der Waals surface area contributed by atoms with Gasteiger partial charge in [-0.3, -0.25) is 4.79 Å². The number of nitriles is 1. The summed E-state index contributed by atoms with van der Waals surface area (Å²) in [6.07, 6.45) is 1.34. The minimum atomic E-state index is -1.16. The average molecular weight is 350 g/mol. The van der Waals surface area contributed by atoms with Crippen LogP contribution in [0.4, 0.5) is 5.69 Å². The number of nitrogens with zero attached hydrogens (tertiary/aromatic N) is 1. The molecule has 2 aromatic rings. The van der Waals surface area contributed by atoms with Crippen LogP contribution in [-0.2, 0) is 4.79 Å². The zero-order valence-corrected chi connectivity index (χ0v) is 14.7. The molecule has 6 heteroatoms. The number of rotatable bonds is 5. The standard InChI is InChI=1S/C20H18N2O4/c1-12-4-5-13(2)17(8-12)22-19(23)15(11-21)9-14-6-7-18(26-3)16(10-14)20(24)25/h4-10H,1-3H3,(H,22,23)(H,24,25)/b15-9+. The largest absolute Gasteiger partial charge is 0.496 e. The molecule has 0 aliphatic heterocycles. The van der Waals surface area contributed by atoms with Gasteiger partial charge in [0.25, 0.3) is 5.91 Å². The lowest BCUT2D eigenvalue weighted by Gasteiger charge is -2.09. The van der Waals surface area contributed by atoms with Gasteiger partial charge in [-0.2, -0.15) is 5.26 Å². The first-order valence-electron chi connectivity index (χ1n) is 7.77. The molecule has 0 atom stereocenters. The maximum atomic E-state index is 12.4. The highest BCUT2D eigenvalue weighted by molar-refractivity contribution is 6.10. The van der Waals surface area contributed by atoms with Crippen LogP contribution in [0.15, 0.2) is 42.0 Å². The molecule has 0 saturated heterocycles. The predicted octanol–water partition coefficient (Wildman–Crippen LogP) is 3.56. The van der Waals surface area contributed by atoms with Gasteiger partial charge in [0, 0.05) is 5.69 Å². The number of methoxy groups -OCH3 is 1. The number of ether oxygens (including phenoxy) is 1. The van der Waals surface area contributed by atoms with E-state index in [4.69, 9.17) is 4.74 Å². The molecule has 0 aliphatic carbocycles. The third-order valence-corrected chi connectivity index (χ3v) is 3.77. The maximum absolute atomic E-state index is 12.4. The van der Waals surface area contributed by atoms with E-state index in [1.165, 1.54) is 25.3 Å². The van der Waals surface area contributed by atoms with Crippen molar-refractivity contribution in [3.8, 4) is 11.8 Å². The van der Waals surface area contributed by atoms with Gasteiger partial charge in [-0.1, -0.05) is 18.2 Å². The number of nitrogens with one attached hydrogen (secondary N) is 1. The Labute approximate surface area is 151 Å². The minimum Gasteiger partial charge on any atom is -0.496 e. The Morgan fingerprint density at radius 1 is 1.19 bits per heavy atom. The predicted molar refractivity (Wildman–Crippen MR) is 98.1 cm³/mol. The molecule has 0 radical (unpaired) electrons. The van der Waals surface area contributed by atoms with Crippen molar-refractivity contribution < 1.29 is 19.4 Å². The monoisotopic (exact) mass is 350 g/mol. The number of hydrogen-bond acceptors (Lipinski definition) is 4. The summed E-state index contributed by atoms with van der Waals surface area (Å²) < 4.78 is 5.00. The molecule has 0 aliphatic rings. The summed E-state index contributed by atoms with van der Waals surface area (Å²) in [5, 5.41) is 21.3. The van der Waals surface area contributed by atoms with E-state index < -0.39 is 11.9 Å². The van der Waals surface area contributed by atoms with Crippen LogP contribution in [0, 0.1) is 25.2 Å². The molecule has 0 heterocycles. The van der Waals surface area contributed by atoms with Crippen LogP contribution in [0.25, 0.3) is 6.08 Å². The van der Waals surface area contributed by atoms with Gasteiger partial charge in [0.05, 0.1) is 7.11 Å². The number of hydrogen-bond donors (Lipinski definition) is 2. The normalized spacial score (nSPS) is 10.8. The van der Waals surface area contributed by atoms with Crippen molar-refractivity contribution in [1.29, 1.82) is 5.26 Å². The molecule has 0 saturated carbocycles. The number of anilines is 1. The van der Waals surface area contributed by atoms with Gasteiger partial charge >= 0.3 is 5.97 Å². The SMILES string of the molecule is COc1ccc(/C=C(\C#N)C(=O)Nc2cc(C)ccc2C)cc1C(=O)O. The Morgan fingerprint density at radius 2 is 1.92 bits per heavy atom. The number of carboxylic acids is 1. The van der Waals surface area contributed by atoms with Crippen molar-refractivity contribution in [3.63, 3.8) is 0 Å². The van der Waals surface area contributed by atoms with Crippen molar-refractivity contribution in [2.45, 2.75) is 13.8 Å². The van der Waals surface area contributed by atoms with Crippen LogP contribution in [-0.4, -0.2) is 24.1 Å². The van der Waals surface area contributed by atoms with E-state index in [0.29, 0.717) is 11.3 Å². The molecule has 26 heavy (non-hydrogen) atoms. The molecule has 0 bridgehead atoms. The summed E-state index contributed by atoms with van der Waals surface area (Å²) in [5.41, 5.74) is 2.71. The summed E-state index contributed by atoms with van der Waals surface area (Å²) >= 11 is 0. The molecule has 132 valence electrons. The fourth-order valence-corrected chi connectivity index (χ4v) is 2.36. The number of benzene rings is 2. The minimum absolute atomic E-state index is 0.0477. The first-order chi connectivity index (χ1) is 12.3. The molecule has 1 amide bonds. The van der Waals surface area contributed by atoms with E-state index in [9.17, 15) is 20.0 Å². The van der Waals surface area contributed by atoms with Crippen molar-refractivity contribution in [2.75, 3.05) is 12.4 Å². The molecule has 2 N–H and O–H groups in total. The molecule has 0 aromatic heterocycles. The number of carboxylic acid groups (broad SMARTS) is 1. The van der Waals surface area contributed by atoms with Gasteiger partial charge in [0.2, 0.25) is 0 Å². The number of amides is 1. The zero-order chi connectivity index (χ0) is 19.3. The quantitative estimate of drug-likeness (QED) is 0.634. The second-order valence-electron chi connectivity index (χ2n) is 5.71. The summed E-state index contributed by atoms with van der Waals surface area (Å²) in [6.45, 7) is 3.76. The third kappa shape index (κ3) is 4.28. The lowest BCUT2D eigenvalue weighted by atomic mass is 10.1. The Hall–Kier alpha value is -3.59. The van der Waals surface area contributed by atoms with E-state index in [1.54, 1.807) is 6.07 Å². The summed E-state index contributed by atoms with van der Waals surface area (Å²) in [7, 11) is 1.37. The summed E-state index contributed by atoms with van der Waals surface area (Å²) in [5.74, 6) is -1.52. The smallest absolute Gasteiger partial charge is 0.339 e. The average Bonchev–Trinajstić information content (AvgIpc) is 2.62. The van der Waals surface area contributed by atoms with Crippen LogP contribution in [0.1, 0.15) is 27.0 Å². The van der Waals surface area contributed by atoms with E-state index >= 15 is 0 Å². The Bertz CT molecular complexity index is 939. The van der Waals surface area contributed by atoms with E-state index in [2.05, 4.69) is 5.32 Å². The van der Waals surface area contributed by atoms with Crippen molar-refractivity contribution in [3.05, 3.63) is 64.2 Å². The van der Waals surface area contributed by atoms with Gasteiger partial charge in [-0.05, 0) is 54.8 Å². The number of carbonyl (C=O) groups is 2. The number of aromatic carboxylic acids is 1. The van der Waals surface area contributed by atoms with Crippen molar-refractivity contribution in [1.82, 2.24) is 0 Å². The third-order valence-electron chi connectivity index (χ3n) is 3.77. The molecule has 2 rings (SSSR count). The Balaban J connectivity index is 2.34. The summed E-state index contributed by atoms with van der Waals surface area (Å²) in [4.78, 5) is 23.7. The maximum Gasteiger partial charge on any atom is 0.339 e. The lowest BCUT2D eigenvalue weighted by Crippen LogP contribution is -2.14. The number of carbonyl (C=O) groups excluding carboxylic acids is 1. The van der Waals surface area contributed by atoms with Gasteiger partial charge in [-0.25, -0.2) is 4.79 Å². The molecule has 0 spiro atoms. The summed E-state index contributed by atoms with van der Waals surface area (Å²) in [6, 6.07) is 11.9. The highest BCUT2D eigenvalue weighted by Crippen LogP contribution is 2.22. The van der Waals surface area contributed by atoms with Gasteiger partial charge in [0.1, 0.15) is 23.0 Å². The first-order valence-corrected chi connectivity index (χ1v) is 7.77. The fourth-order valence-electron chi connectivity index (χ4n) is 2.36. The fraction of sp³-hybridized carbons (Fsp3) is 0.150. The highest BCUT2D eigenvalue weighted by Gasteiger charge is 2.14. The second kappa shape index (κ2) is 7.99. The van der Waals surface area contributed by atoms with Gasteiger partial charge in [-0.15, -0.1) is 0 Å². The van der Waals surface area contributed by atoms with Crippen molar-refractivity contribution >= 4 is 23.6 Å². The lowest BCUT2D eigenvalue weighted by molar-refractivity contribution is -0.112. The first kappa shape index (κ1) is 18.7. The van der Waals surface area contributed by atoms with Crippen molar-refractivity contribution in [2.24, 2.45) is 0 Å². The van der Waals surface area contributed by atoms with Crippen LogP contribution in [0.5, 0.6) is 5.75 Å². The van der Waals surface area contributed by atoms with E-state index in [0.717, 1.165) is 11.1 Å². The Kier molecular flexibility index (Phi) is 5.76. The van der Waals surface area contributed by atoms with Crippen LogP contribution >= 0.6 is 0 Å². The zero-order valence-electron chi connectivity index (χ0n) is 14.7. The number of aryl methyl sites for hydroxylation is 2. The molecule has 0 unspecified atom stereocenters. The molecule has 2 aromatic carbocycles. The van der Waals surface area contributed by atoms with E-state index in [-0.39, 0.29) is 16.9 Å². The second-order valence-corrected chi connectivity index (χ2v) is 5.71. The molecular weight excluding hydrogens is 332 g/mol. The van der Waals surface area contributed by atoms with Crippen LogP contribution < -0.4 is 10.1 Å². The van der Waals surface area contributed by atoms with Gasteiger partial charge < -0.3 is 15.2 Å². The molecular formula is C20H18N2O4. The van der Waals surface area contributed by atoms with E-state index in [1.807, 2.05) is 38.1 Å². The molecule has 0 fully saturated rings. The molecule has 6 nitrogen and oxygen atoms in total. The highest BCUT2D eigenvalue weighted by atomic mass is 16.5. The Morgan fingerprint density at radius 3 is 2.54 bits per heavy atom. The van der Waals surface area contributed by atoms with Crippen LogP contribution in [0.3, 0.4) is 0 Å². The van der Waals surface area contributed by atoms with Gasteiger partial charge in [0.15, 0.2) is 0 Å². The topological polar surface area (TPSA) is 99.4 Å².